The Hall–Kier alpha value is -2.18. The maximum absolute atomic E-state index is 12.3. The van der Waals surface area contributed by atoms with Crippen molar-refractivity contribution in [3.05, 3.63) is 29.1 Å². The van der Waals surface area contributed by atoms with Crippen LogP contribution in [0.1, 0.15) is 53.9 Å². The Kier molecular flexibility index (Phi) is 4.22. The van der Waals surface area contributed by atoms with Crippen molar-refractivity contribution in [3.8, 4) is 0 Å². The molecule has 0 atom stereocenters. The largest absolute Gasteiger partial charge is 0.345 e. The number of nitrogens with one attached hydrogen (secondary N) is 1. The molecule has 1 N–H and O–H groups in total. The van der Waals surface area contributed by atoms with Gasteiger partial charge in [0.15, 0.2) is 5.82 Å². The summed E-state index contributed by atoms with van der Waals surface area (Å²) in [4.78, 5) is 12.3. The Balaban J connectivity index is 1.66. The molecule has 2 aromatic rings. The van der Waals surface area contributed by atoms with Crippen LogP contribution < -0.4 is 5.32 Å². The molecule has 0 saturated carbocycles. The van der Waals surface area contributed by atoms with Crippen LogP contribution in [0.2, 0.25) is 0 Å². The molecular formula is C15H22N6O. The number of nitrogens with zero attached hydrogens (tertiary/aromatic N) is 5. The molecule has 3 heterocycles. The van der Waals surface area contributed by atoms with Crippen LogP contribution in [-0.4, -0.2) is 30.5 Å². The van der Waals surface area contributed by atoms with Crippen LogP contribution in [0.3, 0.4) is 0 Å². The van der Waals surface area contributed by atoms with Gasteiger partial charge in [-0.3, -0.25) is 9.48 Å². The Morgan fingerprint density at radius 2 is 2.23 bits per heavy atom. The predicted octanol–water partition coefficient (Wildman–Crippen LogP) is 1.46. The zero-order valence-corrected chi connectivity index (χ0v) is 13.2. The van der Waals surface area contributed by atoms with E-state index in [1.165, 1.54) is 6.42 Å². The van der Waals surface area contributed by atoms with Crippen LogP contribution in [-0.2, 0) is 26.1 Å². The van der Waals surface area contributed by atoms with Gasteiger partial charge in [0.1, 0.15) is 5.82 Å². The molecule has 0 fully saturated rings. The lowest BCUT2D eigenvalue weighted by molar-refractivity contribution is 0.0948. The van der Waals surface area contributed by atoms with E-state index < -0.39 is 0 Å². The molecule has 0 saturated heterocycles. The summed E-state index contributed by atoms with van der Waals surface area (Å²) < 4.78 is 3.94. The Bertz CT molecular complexity index is 672. The van der Waals surface area contributed by atoms with Crippen molar-refractivity contribution in [1.82, 2.24) is 29.9 Å². The van der Waals surface area contributed by atoms with Gasteiger partial charge in [0.05, 0.1) is 17.8 Å². The standard InChI is InChI=1S/C15H22N6O/c1-3-7-20-10-12(11(2)19-20)15(22)16-9-14-18-17-13-6-4-5-8-21(13)14/h10H,3-9H2,1-2H3,(H,16,22). The number of aromatic nitrogens is 5. The van der Waals surface area contributed by atoms with Gasteiger partial charge in [-0.25, -0.2) is 0 Å². The van der Waals surface area contributed by atoms with Crippen LogP contribution in [0.25, 0.3) is 0 Å². The van der Waals surface area contributed by atoms with Crippen LogP contribution >= 0.6 is 0 Å². The van der Waals surface area contributed by atoms with E-state index in [2.05, 4.69) is 32.1 Å². The van der Waals surface area contributed by atoms with Crippen molar-refractivity contribution in [2.45, 2.75) is 59.2 Å². The van der Waals surface area contributed by atoms with Crippen molar-refractivity contribution >= 4 is 5.91 Å². The molecule has 1 aliphatic heterocycles. The van der Waals surface area contributed by atoms with Gasteiger partial charge < -0.3 is 9.88 Å². The van der Waals surface area contributed by atoms with Gasteiger partial charge in [-0.1, -0.05) is 6.92 Å². The second-order valence-corrected chi connectivity index (χ2v) is 5.72. The predicted molar refractivity (Wildman–Crippen MR) is 81.4 cm³/mol. The number of hydrogen-bond donors (Lipinski definition) is 1. The topological polar surface area (TPSA) is 77.6 Å². The first-order valence-corrected chi connectivity index (χ1v) is 7.92. The highest BCUT2D eigenvalue weighted by molar-refractivity contribution is 5.94. The molecule has 7 heteroatoms. The molecule has 0 unspecified atom stereocenters. The molecule has 1 aliphatic rings. The van der Waals surface area contributed by atoms with Crippen LogP contribution in [0.4, 0.5) is 0 Å². The van der Waals surface area contributed by atoms with Gasteiger partial charge in [-0.05, 0) is 26.2 Å². The minimum atomic E-state index is -0.104. The molecule has 7 nitrogen and oxygen atoms in total. The lowest BCUT2D eigenvalue weighted by Crippen LogP contribution is -2.26. The maximum atomic E-state index is 12.3. The lowest BCUT2D eigenvalue weighted by atomic mass is 10.2. The number of amides is 1. The molecule has 0 spiro atoms. The normalized spacial score (nSPS) is 13.9. The number of carbonyl (C=O) groups is 1. The summed E-state index contributed by atoms with van der Waals surface area (Å²) in [5, 5.41) is 15.7. The summed E-state index contributed by atoms with van der Waals surface area (Å²) in [7, 11) is 0. The summed E-state index contributed by atoms with van der Waals surface area (Å²) in [5.41, 5.74) is 1.39. The second kappa shape index (κ2) is 6.29. The van der Waals surface area contributed by atoms with E-state index in [9.17, 15) is 4.79 Å². The van der Waals surface area contributed by atoms with E-state index in [1.807, 2.05) is 17.8 Å². The van der Waals surface area contributed by atoms with Gasteiger partial charge in [0.25, 0.3) is 5.91 Å². The van der Waals surface area contributed by atoms with Gasteiger partial charge in [0.2, 0.25) is 0 Å². The average Bonchev–Trinajstić information content (AvgIpc) is 3.09. The summed E-state index contributed by atoms with van der Waals surface area (Å²) in [6.45, 7) is 6.13. The van der Waals surface area contributed by atoms with E-state index in [0.29, 0.717) is 12.1 Å². The van der Waals surface area contributed by atoms with Crippen LogP contribution in [0.5, 0.6) is 0 Å². The van der Waals surface area contributed by atoms with E-state index in [-0.39, 0.29) is 5.91 Å². The van der Waals surface area contributed by atoms with Crippen LogP contribution in [0, 0.1) is 6.92 Å². The fourth-order valence-electron chi connectivity index (χ4n) is 2.84. The molecule has 118 valence electrons. The highest BCUT2D eigenvalue weighted by Crippen LogP contribution is 2.14. The van der Waals surface area contributed by atoms with E-state index >= 15 is 0 Å². The fraction of sp³-hybridized carbons (Fsp3) is 0.600. The zero-order chi connectivity index (χ0) is 15.5. The summed E-state index contributed by atoms with van der Waals surface area (Å²) in [5.74, 6) is 1.76. The molecule has 0 radical (unpaired) electrons. The molecule has 2 aromatic heterocycles. The minimum Gasteiger partial charge on any atom is -0.345 e. The number of rotatable bonds is 5. The summed E-state index contributed by atoms with van der Waals surface area (Å²) in [6.07, 6.45) is 6.10. The fourth-order valence-corrected chi connectivity index (χ4v) is 2.84. The first kappa shape index (κ1) is 14.7. The number of fused-ring (bicyclic) bond motifs is 1. The molecule has 0 aromatic carbocycles. The zero-order valence-electron chi connectivity index (χ0n) is 13.2. The maximum Gasteiger partial charge on any atom is 0.255 e. The second-order valence-electron chi connectivity index (χ2n) is 5.72. The average molecular weight is 302 g/mol. The third kappa shape index (κ3) is 2.88. The Morgan fingerprint density at radius 3 is 3.05 bits per heavy atom. The highest BCUT2D eigenvalue weighted by atomic mass is 16.1. The van der Waals surface area contributed by atoms with Gasteiger partial charge in [0, 0.05) is 25.7 Å². The quantitative estimate of drug-likeness (QED) is 0.907. The minimum absolute atomic E-state index is 0.104. The Labute approximate surface area is 129 Å². The smallest absolute Gasteiger partial charge is 0.255 e. The molecule has 0 bridgehead atoms. The number of hydrogen-bond acceptors (Lipinski definition) is 4. The summed E-state index contributed by atoms with van der Waals surface area (Å²) in [6, 6.07) is 0. The molecule has 3 rings (SSSR count). The molecule has 22 heavy (non-hydrogen) atoms. The van der Waals surface area contributed by atoms with Gasteiger partial charge >= 0.3 is 0 Å². The third-order valence-electron chi connectivity index (χ3n) is 3.99. The first-order valence-electron chi connectivity index (χ1n) is 7.92. The van der Waals surface area contributed by atoms with Gasteiger partial charge in [-0.2, -0.15) is 5.10 Å². The van der Waals surface area contributed by atoms with Crippen molar-refractivity contribution in [3.63, 3.8) is 0 Å². The monoisotopic (exact) mass is 302 g/mol. The lowest BCUT2D eigenvalue weighted by Gasteiger charge is -2.14. The molecule has 1 amide bonds. The van der Waals surface area contributed by atoms with E-state index in [1.54, 1.807) is 0 Å². The number of aryl methyl sites for hydroxylation is 3. The molecular weight excluding hydrogens is 280 g/mol. The van der Waals surface area contributed by atoms with Crippen molar-refractivity contribution in [2.24, 2.45) is 0 Å². The van der Waals surface area contributed by atoms with Crippen molar-refractivity contribution < 1.29 is 4.79 Å². The van der Waals surface area contributed by atoms with Crippen molar-refractivity contribution in [1.29, 1.82) is 0 Å². The van der Waals surface area contributed by atoms with Crippen molar-refractivity contribution in [2.75, 3.05) is 0 Å². The summed E-state index contributed by atoms with van der Waals surface area (Å²) >= 11 is 0. The third-order valence-corrected chi connectivity index (χ3v) is 3.99. The highest BCUT2D eigenvalue weighted by Gasteiger charge is 2.18. The van der Waals surface area contributed by atoms with E-state index in [4.69, 9.17) is 0 Å². The number of carbonyl (C=O) groups excluding carboxylic acids is 1. The van der Waals surface area contributed by atoms with Gasteiger partial charge in [-0.15, -0.1) is 10.2 Å². The first-order chi connectivity index (χ1) is 10.7. The molecule has 0 aliphatic carbocycles. The Morgan fingerprint density at radius 1 is 1.36 bits per heavy atom. The SMILES string of the molecule is CCCn1cc(C(=O)NCc2nnc3n2CCCC3)c(C)n1. The van der Waals surface area contributed by atoms with E-state index in [0.717, 1.165) is 49.7 Å². The van der Waals surface area contributed by atoms with Crippen LogP contribution in [0.15, 0.2) is 6.20 Å².